The molecule has 112 valence electrons. The molecule has 3 nitrogen and oxygen atoms in total. The first-order valence-corrected chi connectivity index (χ1v) is 8.36. The van der Waals surface area contributed by atoms with Crippen LogP contribution in [0.15, 0.2) is 70.3 Å². The quantitative estimate of drug-likeness (QED) is 0.632. The number of carbonyl (C=O) groups is 1. The van der Waals surface area contributed by atoms with Crippen LogP contribution in [0.1, 0.15) is 5.56 Å². The van der Waals surface area contributed by atoms with E-state index in [0.717, 1.165) is 16.9 Å². The number of nitrogens with zero attached hydrogens (tertiary/aromatic N) is 2. The zero-order chi connectivity index (χ0) is 15.8. The van der Waals surface area contributed by atoms with Gasteiger partial charge < -0.3 is 0 Å². The molecular weight excluding hydrogens is 328 g/mol. The second-order valence-electron chi connectivity index (χ2n) is 5.08. The first kappa shape index (κ1) is 14.2. The van der Waals surface area contributed by atoms with Gasteiger partial charge in [0.25, 0.3) is 5.91 Å². The van der Waals surface area contributed by atoms with Crippen LogP contribution in [0.5, 0.6) is 0 Å². The molecule has 0 fully saturated rings. The average molecular weight is 339 g/mol. The molecule has 1 amide bonds. The highest BCUT2D eigenvalue weighted by molar-refractivity contribution is 7.08. The van der Waals surface area contributed by atoms with Crippen molar-refractivity contribution in [1.82, 2.24) is 0 Å². The van der Waals surface area contributed by atoms with Crippen LogP contribution in [0.3, 0.4) is 0 Å². The molecule has 0 bridgehead atoms. The van der Waals surface area contributed by atoms with Crippen molar-refractivity contribution in [2.24, 2.45) is 4.99 Å². The molecule has 0 saturated carbocycles. The van der Waals surface area contributed by atoms with E-state index in [2.05, 4.69) is 4.99 Å². The van der Waals surface area contributed by atoms with Crippen molar-refractivity contribution in [2.75, 3.05) is 4.90 Å². The molecule has 0 spiro atoms. The summed E-state index contributed by atoms with van der Waals surface area (Å²) in [6, 6.07) is 16.8. The third-order valence-electron chi connectivity index (χ3n) is 3.64. The number of anilines is 2. The maximum Gasteiger partial charge on any atom is 0.282 e. The zero-order valence-corrected chi connectivity index (χ0v) is 13.5. The molecule has 0 atom stereocenters. The van der Waals surface area contributed by atoms with Crippen LogP contribution in [0.2, 0.25) is 5.02 Å². The SMILES string of the molecule is O=C1/C(=N\c2ccc(Cl)cc2)c2ccccc2N1c1ccsc1. The minimum atomic E-state index is -0.112. The molecule has 3 aromatic rings. The smallest absolute Gasteiger partial charge is 0.274 e. The maximum atomic E-state index is 12.9. The van der Waals surface area contributed by atoms with E-state index >= 15 is 0 Å². The number of thiophene rings is 1. The van der Waals surface area contributed by atoms with Crippen molar-refractivity contribution < 1.29 is 4.79 Å². The summed E-state index contributed by atoms with van der Waals surface area (Å²) in [5.74, 6) is -0.112. The van der Waals surface area contributed by atoms with E-state index in [0.29, 0.717) is 16.4 Å². The van der Waals surface area contributed by atoms with E-state index in [4.69, 9.17) is 11.6 Å². The predicted octanol–water partition coefficient (Wildman–Crippen LogP) is 5.20. The van der Waals surface area contributed by atoms with Gasteiger partial charge in [0.2, 0.25) is 0 Å². The van der Waals surface area contributed by atoms with Crippen molar-refractivity contribution in [3.63, 3.8) is 0 Å². The molecule has 0 unspecified atom stereocenters. The summed E-state index contributed by atoms with van der Waals surface area (Å²) in [6.45, 7) is 0. The first-order chi connectivity index (χ1) is 11.2. The number of amides is 1. The fourth-order valence-corrected chi connectivity index (χ4v) is 3.34. The molecule has 4 rings (SSSR count). The van der Waals surface area contributed by atoms with Crippen molar-refractivity contribution in [3.8, 4) is 0 Å². The Morgan fingerprint density at radius 2 is 1.78 bits per heavy atom. The lowest BCUT2D eigenvalue weighted by Gasteiger charge is -2.14. The lowest BCUT2D eigenvalue weighted by Crippen LogP contribution is -2.24. The van der Waals surface area contributed by atoms with Crippen molar-refractivity contribution in [3.05, 3.63) is 75.9 Å². The number of hydrogen-bond acceptors (Lipinski definition) is 3. The number of aliphatic imine (C=N–C) groups is 1. The molecule has 23 heavy (non-hydrogen) atoms. The summed E-state index contributed by atoms with van der Waals surface area (Å²) in [5.41, 5.74) is 3.74. The summed E-state index contributed by atoms with van der Waals surface area (Å²) in [7, 11) is 0. The number of carbonyl (C=O) groups excluding carboxylic acids is 1. The molecule has 1 aliphatic heterocycles. The molecule has 2 heterocycles. The van der Waals surface area contributed by atoms with Gasteiger partial charge >= 0.3 is 0 Å². The van der Waals surface area contributed by atoms with Gasteiger partial charge in [-0.3, -0.25) is 9.69 Å². The highest BCUT2D eigenvalue weighted by Crippen LogP contribution is 2.37. The molecule has 0 radical (unpaired) electrons. The minimum Gasteiger partial charge on any atom is -0.274 e. The molecular formula is C18H11ClN2OS. The third kappa shape index (κ3) is 2.46. The summed E-state index contributed by atoms with van der Waals surface area (Å²) < 4.78 is 0. The van der Waals surface area contributed by atoms with Gasteiger partial charge in [0.05, 0.1) is 17.1 Å². The number of rotatable bonds is 2. The van der Waals surface area contributed by atoms with E-state index < -0.39 is 0 Å². The topological polar surface area (TPSA) is 32.7 Å². The van der Waals surface area contributed by atoms with Gasteiger partial charge in [-0.05, 0) is 41.8 Å². The normalized spacial score (nSPS) is 15.3. The van der Waals surface area contributed by atoms with E-state index in [9.17, 15) is 4.79 Å². The number of benzene rings is 2. The monoisotopic (exact) mass is 338 g/mol. The second-order valence-corrected chi connectivity index (χ2v) is 6.29. The van der Waals surface area contributed by atoms with Crippen LogP contribution in [0, 0.1) is 0 Å². The highest BCUT2D eigenvalue weighted by atomic mass is 35.5. The molecule has 1 aromatic heterocycles. The fraction of sp³-hybridized carbons (Fsp3) is 0. The van der Waals surface area contributed by atoms with Gasteiger partial charge in [0.1, 0.15) is 5.71 Å². The fourth-order valence-electron chi connectivity index (χ4n) is 2.59. The second kappa shape index (κ2) is 5.65. The molecule has 0 saturated heterocycles. The Bertz CT molecular complexity index is 901. The minimum absolute atomic E-state index is 0.112. The van der Waals surface area contributed by atoms with Crippen molar-refractivity contribution in [1.29, 1.82) is 0 Å². The van der Waals surface area contributed by atoms with Gasteiger partial charge in [0.15, 0.2) is 0 Å². The summed E-state index contributed by atoms with van der Waals surface area (Å²) in [6.07, 6.45) is 0. The van der Waals surface area contributed by atoms with Gasteiger partial charge in [0, 0.05) is 16.0 Å². The standard InChI is InChI=1S/C18H11ClN2OS/c19-12-5-7-13(8-6-12)20-17-15-3-1-2-4-16(15)21(18(17)22)14-9-10-23-11-14/h1-11H/b20-17-. The van der Waals surface area contributed by atoms with Crippen LogP contribution in [-0.4, -0.2) is 11.6 Å². The Kier molecular flexibility index (Phi) is 3.48. The van der Waals surface area contributed by atoms with Gasteiger partial charge in [-0.2, -0.15) is 11.3 Å². The molecule has 1 aliphatic rings. The van der Waals surface area contributed by atoms with E-state index in [-0.39, 0.29) is 5.91 Å². The van der Waals surface area contributed by atoms with Crippen LogP contribution >= 0.6 is 22.9 Å². The van der Waals surface area contributed by atoms with Crippen LogP contribution in [0.4, 0.5) is 17.1 Å². The first-order valence-electron chi connectivity index (χ1n) is 7.04. The lowest BCUT2D eigenvalue weighted by molar-refractivity contribution is -0.111. The van der Waals surface area contributed by atoms with E-state index in [1.54, 1.807) is 40.5 Å². The Hall–Kier alpha value is -2.43. The third-order valence-corrected chi connectivity index (χ3v) is 4.56. The summed E-state index contributed by atoms with van der Waals surface area (Å²) >= 11 is 7.47. The average Bonchev–Trinajstić information content (AvgIpc) is 3.17. The Balaban J connectivity index is 1.85. The number of hydrogen-bond donors (Lipinski definition) is 0. The van der Waals surface area contributed by atoms with Crippen molar-refractivity contribution in [2.45, 2.75) is 0 Å². The van der Waals surface area contributed by atoms with Crippen LogP contribution in [0.25, 0.3) is 0 Å². The summed E-state index contributed by atoms with van der Waals surface area (Å²) in [5, 5.41) is 4.56. The van der Waals surface area contributed by atoms with E-state index in [1.807, 2.05) is 41.1 Å². The number of halogens is 1. The number of fused-ring (bicyclic) bond motifs is 1. The van der Waals surface area contributed by atoms with Crippen LogP contribution in [-0.2, 0) is 4.79 Å². The molecule has 5 heteroatoms. The van der Waals surface area contributed by atoms with Gasteiger partial charge in [-0.25, -0.2) is 4.99 Å². The Labute approximate surface area is 142 Å². The Morgan fingerprint density at radius 3 is 2.52 bits per heavy atom. The zero-order valence-electron chi connectivity index (χ0n) is 11.9. The Morgan fingerprint density at radius 1 is 1.00 bits per heavy atom. The largest absolute Gasteiger partial charge is 0.282 e. The van der Waals surface area contributed by atoms with Gasteiger partial charge in [-0.1, -0.05) is 29.8 Å². The maximum absolute atomic E-state index is 12.9. The van der Waals surface area contributed by atoms with Crippen LogP contribution < -0.4 is 4.90 Å². The number of para-hydroxylation sites is 1. The van der Waals surface area contributed by atoms with Crippen molar-refractivity contribution >= 4 is 51.6 Å². The lowest BCUT2D eigenvalue weighted by atomic mass is 10.1. The molecule has 0 N–H and O–H groups in total. The molecule has 2 aromatic carbocycles. The predicted molar refractivity (Wildman–Crippen MR) is 95.6 cm³/mol. The summed E-state index contributed by atoms with van der Waals surface area (Å²) in [4.78, 5) is 19.2. The van der Waals surface area contributed by atoms with E-state index in [1.165, 1.54) is 0 Å². The molecule has 0 aliphatic carbocycles. The highest BCUT2D eigenvalue weighted by Gasteiger charge is 2.34. The van der Waals surface area contributed by atoms with Gasteiger partial charge in [-0.15, -0.1) is 0 Å².